The molecule has 1 fully saturated rings. The molecule has 0 aromatic heterocycles. The van der Waals surface area contributed by atoms with Gasteiger partial charge in [0.25, 0.3) is 0 Å². The molecule has 2 heterocycles. The predicted octanol–water partition coefficient (Wildman–Crippen LogP) is 3.18. The molecule has 0 N–H and O–H groups in total. The maximum absolute atomic E-state index is 12.2. The van der Waals surface area contributed by atoms with Crippen molar-refractivity contribution in [1.82, 2.24) is 4.90 Å². The van der Waals surface area contributed by atoms with Crippen LogP contribution in [-0.2, 0) is 9.22 Å². The number of β-lactam (4-membered cyclic amide) rings is 1. The van der Waals surface area contributed by atoms with Crippen LogP contribution in [0.2, 0.25) is 18.1 Å². The van der Waals surface area contributed by atoms with Crippen LogP contribution in [0.25, 0.3) is 0 Å². The van der Waals surface area contributed by atoms with Crippen molar-refractivity contribution in [3.63, 3.8) is 0 Å². The van der Waals surface area contributed by atoms with E-state index < -0.39 is 8.32 Å². The van der Waals surface area contributed by atoms with Gasteiger partial charge in [0, 0.05) is 12.6 Å². The minimum Gasteiger partial charge on any atom is -0.413 e. The molecule has 2 aliphatic heterocycles. The molecule has 0 spiro atoms. The summed E-state index contributed by atoms with van der Waals surface area (Å²) < 4.78 is 6.39. The van der Waals surface area contributed by atoms with Gasteiger partial charge >= 0.3 is 0 Å². The molecule has 0 saturated carbocycles. The van der Waals surface area contributed by atoms with Gasteiger partial charge in [0.1, 0.15) is 0 Å². The lowest BCUT2D eigenvalue weighted by Crippen LogP contribution is -2.66. The fraction of sp³-hybridized carbons (Fsp3) is 0.800. The second-order valence-electron chi connectivity index (χ2n) is 7.37. The highest BCUT2D eigenvalue weighted by atomic mass is 28.4. The molecular formula is C15H27NO2Si. The molecule has 1 saturated heterocycles. The van der Waals surface area contributed by atoms with E-state index in [0.717, 1.165) is 13.0 Å². The average Bonchev–Trinajstić information content (AvgIpc) is 2.26. The van der Waals surface area contributed by atoms with Gasteiger partial charge in [-0.15, -0.1) is 0 Å². The number of rotatable bonds is 3. The Balaban J connectivity index is 2.03. The normalized spacial score (nSPS) is 28.9. The highest BCUT2D eigenvalue weighted by Gasteiger charge is 2.51. The van der Waals surface area contributed by atoms with Crippen LogP contribution in [0.3, 0.4) is 0 Å². The lowest BCUT2D eigenvalue weighted by Gasteiger charge is -2.52. The zero-order valence-electron chi connectivity index (χ0n) is 13.1. The third-order valence-corrected chi connectivity index (χ3v) is 9.60. The van der Waals surface area contributed by atoms with Crippen LogP contribution in [0, 0.1) is 5.92 Å². The van der Waals surface area contributed by atoms with E-state index in [1.165, 1.54) is 0 Å². The molecule has 19 heavy (non-hydrogen) atoms. The number of carbonyl (C=O) groups is 1. The van der Waals surface area contributed by atoms with Gasteiger partial charge in [-0.2, -0.15) is 0 Å². The Morgan fingerprint density at radius 3 is 2.58 bits per heavy atom. The Kier molecular flexibility index (Phi) is 3.69. The van der Waals surface area contributed by atoms with E-state index in [-0.39, 0.29) is 23.0 Å². The van der Waals surface area contributed by atoms with E-state index in [1.807, 2.05) is 4.90 Å². The summed E-state index contributed by atoms with van der Waals surface area (Å²) in [7, 11) is -1.79. The quantitative estimate of drug-likeness (QED) is 0.452. The van der Waals surface area contributed by atoms with Gasteiger partial charge in [-0.05, 0) is 31.5 Å². The Morgan fingerprint density at radius 2 is 2.00 bits per heavy atom. The largest absolute Gasteiger partial charge is 0.413 e. The first kappa shape index (κ1) is 14.8. The number of nitrogens with zero attached hydrogens (tertiary/aromatic N) is 1. The molecular weight excluding hydrogens is 254 g/mol. The van der Waals surface area contributed by atoms with Gasteiger partial charge in [-0.25, -0.2) is 0 Å². The van der Waals surface area contributed by atoms with Crippen LogP contribution in [0.4, 0.5) is 0 Å². The minimum atomic E-state index is -1.79. The Bertz CT molecular complexity index is 397. The SMILES string of the molecule is C[C@@H](O[Si](C)(C)C(C)(C)C)[C@H]1C(=O)N2CC=CC[C@H]12. The van der Waals surface area contributed by atoms with E-state index in [9.17, 15) is 4.79 Å². The van der Waals surface area contributed by atoms with Crippen molar-refractivity contribution in [2.45, 2.75) is 64.4 Å². The van der Waals surface area contributed by atoms with Gasteiger partial charge in [-0.1, -0.05) is 32.9 Å². The summed E-state index contributed by atoms with van der Waals surface area (Å²) in [5.41, 5.74) is 0. The van der Waals surface area contributed by atoms with Gasteiger partial charge in [0.2, 0.25) is 5.91 Å². The molecule has 0 radical (unpaired) electrons. The van der Waals surface area contributed by atoms with Crippen molar-refractivity contribution in [2.75, 3.05) is 6.54 Å². The molecule has 0 aromatic rings. The molecule has 0 bridgehead atoms. The van der Waals surface area contributed by atoms with Gasteiger partial charge in [-0.3, -0.25) is 4.79 Å². The lowest BCUT2D eigenvalue weighted by molar-refractivity contribution is -0.162. The predicted molar refractivity (Wildman–Crippen MR) is 80.5 cm³/mol. The van der Waals surface area contributed by atoms with Crippen LogP contribution < -0.4 is 0 Å². The number of amides is 1. The van der Waals surface area contributed by atoms with Crippen molar-refractivity contribution < 1.29 is 9.22 Å². The van der Waals surface area contributed by atoms with Crippen molar-refractivity contribution >= 4 is 14.2 Å². The van der Waals surface area contributed by atoms with Crippen molar-refractivity contribution in [1.29, 1.82) is 0 Å². The van der Waals surface area contributed by atoms with E-state index >= 15 is 0 Å². The van der Waals surface area contributed by atoms with Crippen molar-refractivity contribution in [2.24, 2.45) is 5.92 Å². The maximum Gasteiger partial charge on any atom is 0.230 e. The molecule has 2 aliphatic rings. The fourth-order valence-corrected chi connectivity index (χ4v) is 4.21. The molecule has 4 heteroatoms. The molecule has 3 nitrogen and oxygen atoms in total. The molecule has 2 rings (SSSR count). The molecule has 1 amide bonds. The summed E-state index contributed by atoms with van der Waals surface area (Å²) in [5, 5.41) is 0.195. The second-order valence-corrected chi connectivity index (χ2v) is 12.1. The number of fused-ring (bicyclic) bond motifs is 1. The molecule has 0 unspecified atom stereocenters. The maximum atomic E-state index is 12.2. The Morgan fingerprint density at radius 1 is 1.37 bits per heavy atom. The highest BCUT2D eigenvalue weighted by molar-refractivity contribution is 6.74. The molecule has 0 aliphatic carbocycles. The summed E-state index contributed by atoms with van der Waals surface area (Å²) in [6.45, 7) is 14.1. The molecule has 108 valence electrons. The zero-order valence-corrected chi connectivity index (χ0v) is 14.1. The lowest BCUT2D eigenvalue weighted by atomic mass is 9.80. The topological polar surface area (TPSA) is 29.5 Å². The second kappa shape index (κ2) is 4.74. The number of hydrogen-bond acceptors (Lipinski definition) is 2. The molecule has 3 atom stereocenters. The van der Waals surface area contributed by atoms with Crippen molar-refractivity contribution in [3.8, 4) is 0 Å². The number of carbonyl (C=O) groups excluding carboxylic acids is 1. The summed E-state index contributed by atoms with van der Waals surface area (Å²) in [6.07, 6.45) is 5.31. The Hall–Kier alpha value is -0.613. The van der Waals surface area contributed by atoms with Gasteiger partial charge < -0.3 is 9.33 Å². The third-order valence-electron chi connectivity index (χ3n) is 5.02. The summed E-state index contributed by atoms with van der Waals surface area (Å²) in [4.78, 5) is 14.2. The highest BCUT2D eigenvalue weighted by Crippen LogP contribution is 2.41. The Labute approximate surface area is 118 Å². The monoisotopic (exact) mass is 281 g/mol. The van der Waals surface area contributed by atoms with E-state index in [4.69, 9.17) is 4.43 Å². The van der Waals surface area contributed by atoms with Crippen LogP contribution in [0.5, 0.6) is 0 Å². The third kappa shape index (κ3) is 2.52. The van der Waals surface area contributed by atoms with Crippen molar-refractivity contribution in [3.05, 3.63) is 12.2 Å². The standard InChI is InChI=1S/C15H27NO2Si/c1-11(18-19(5,6)15(2,3)4)13-12-9-7-8-10-16(12)14(13)17/h7-8,11-13H,9-10H2,1-6H3/t11-,12-,13-/m1/s1. The van der Waals surface area contributed by atoms with E-state index in [2.05, 4.69) is 52.9 Å². The van der Waals surface area contributed by atoms with Gasteiger partial charge in [0.15, 0.2) is 8.32 Å². The summed E-state index contributed by atoms with van der Waals surface area (Å²) in [5.74, 6) is 0.347. The first-order chi connectivity index (χ1) is 8.65. The first-order valence-corrected chi connectivity index (χ1v) is 10.2. The average molecular weight is 281 g/mol. The summed E-state index contributed by atoms with van der Waals surface area (Å²) in [6, 6.07) is 0.372. The zero-order chi connectivity index (χ0) is 14.4. The number of hydrogen-bond donors (Lipinski definition) is 0. The van der Waals surface area contributed by atoms with Crippen LogP contribution in [0.15, 0.2) is 12.2 Å². The first-order valence-electron chi connectivity index (χ1n) is 7.28. The fourth-order valence-electron chi connectivity index (χ4n) is 2.78. The molecule has 0 aromatic carbocycles. The van der Waals surface area contributed by atoms with Crippen LogP contribution in [-0.4, -0.2) is 37.8 Å². The minimum absolute atomic E-state index is 0.0427. The summed E-state index contributed by atoms with van der Waals surface area (Å²) >= 11 is 0. The van der Waals surface area contributed by atoms with Crippen LogP contribution in [0.1, 0.15) is 34.1 Å². The van der Waals surface area contributed by atoms with E-state index in [0.29, 0.717) is 6.04 Å². The smallest absolute Gasteiger partial charge is 0.230 e. The van der Waals surface area contributed by atoms with Crippen LogP contribution >= 0.6 is 0 Å². The van der Waals surface area contributed by atoms with Gasteiger partial charge in [0.05, 0.1) is 12.0 Å². The van der Waals surface area contributed by atoms with E-state index in [1.54, 1.807) is 0 Å².